The number of nitriles is 1. The average molecular weight is 234 g/mol. The van der Waals surface area contributed by atoms with Crippen molar-refractivity contribution in [3.63, 3.8) is 0 Å². The van der Waals surface area contributed by atoms with Crippen LogP contribution in [0.2, 0.25) is 0 Å². The van der Waals surface area contributed by atoms with Crippen LogP contribution in [0.15, 0.2) is 18.7 Å². The van der Waals surface area contributed by atoms with Crippen molar-refractivity contribution in [1.29, 1.82) is 5.26 Å². The van der Waals surface area contributed by atoms with Crippen LogP contribution in [0.1, 0.15) is 39.5 Å². The van der Waals surface area contributed by atoms with E-state index in [9.17, 15) is 0 Å². The van der Waals surface area contributed by atoms with E-state index < -0.39 is 0 Å². The molecule has 0 bridgehead atoms. The van der Waals surface area contributed by atoms with Crippen LogP contribution in [0.3, 0.4) is 0 Å². The maximum Gasteiger partial charge on any atom is 0.103 e. The SMILES string of the molecule is CCCNC(C)(C#N)CCCCn1ccnc1. The Labute approximate surface area is 104 Å². The summed E-state index contributed by atoms with van der Waals surface area (Å²) < 4.78 is 2.07. The molecule has 1 aromatic rings. The van der Waals surface area contributed by atoms with Gasteiger partial charge in [0.2, 0.25) is 0 Å². The first-order chi connectivity index (χ1) is 8.20. The van der Waals surface area contributed by atoms with E-state index in [1.54, 1.807) is 6.20 Å². The third-order valence-corrected chi connectivity index (χ3v) is 2.91. The van der Waals surface area contributed by atoms with Crippen molar-refractivity contribution in [1.82, 2.24) is 14.9 Å². The fourth-order valence-electron chi connectivity index (χ4n) is 1.78. The lowest BCUT2D eigenvalue weighted by Crippen LogP contribution is -2.41. The van der Waals surface area contributed by atoms with Crippen molar-refractivity contribution in [2.75, 3.05) is 6.54 Å². The molecule has 1 heterocycles. The number of hydrogen-bond acceptors (Lipinski definition) is 3. The van der Waals surface area contributed by atoms with Crippen LogP contribution in [0.5, 0.6) is 0 Å². The summed E-state index contributed by atoms with van der Waals surface area (Å²) in [6.07, 6.45) is 9.70. The second-order valence-electron chi connectivity index (χ2n) is 4.63. The number of hydrogen-bond donors (Lipinski definition) is 1. The average Bonchev–Trinajstić information content (AvgIpc) is 2.85. The maximum atomic E-state index is 9.17. The monoisotopic (exact) mass is 234 g/mol. The quantitative estimate of drug-likeness (QED) is 0.702. The Balaban J connectivity index is 2.21. The van der Waals surface area contributed by atoms with Crippen molar-refractivity contribution >= 4 is 0 Å². The Morgan fingerprint density at radius 3 is 2.88 bits per heavy atom. The summed E-state index contributed by atoms with van der Waals surface area (Å²) in [5.41, 5.74) is -0.370. The van der Waals surface area contributed by atoms with Gasteiger partial charge in [-0.1, -0.05) is 6.92 Å². The van der Waals surface area contributed by atoms with E-state index in [-0.39, 0.29) is 5.54 Å². The van der Waals surface area contributed by atoms with Gasteiger partial charge in [0.05, 0.1) is 12.4 Å². The first-order valence-corrected chi connectivity index (χ1v) is 6.32. The van der Waals surface area contributed by atoms with Gasteiger partial charge in [-0.25, -0.2) is 4.98 Å². The molecule has 0 amide bonds. The second-order valence-corrected chi connectivity index (χ2v) is 4.63. The van der Waals surface area contributed by atoms with Gasteiger partial charge in [0.15, 0.2) is 0 Å². The molecule has 94 valence electrons. The standard InChI is InChI=1S/C13H22N4/c1-3-7-16-13(2,11-14)6-4-5-9-17-10-8-15-12-17/h8,10,12,16H,3-7,9H2,1-2H3. The van der Waals surface area contributed by atoms with Gasteiger partial charge in [-0.2, -0.15) is 5.26 Å². The van der Waals surface area contributed by atoms with Gasteiger partial charge < -0.3 is 4.57 Å². The Kier molecular flexibility index (Phi) is 5.71. The van der Waals surface area contributed by atoms with E-state index in [1.807, 2.05) is 19.4 Å². The van der Waals surface area contributed by atoms with E-state index in [2.05, 4.69) is 27.9 Å². The molecule has 0 radical (unpaired) electrons. The van der Waals surface area contributed by atoms with Crippen LogP contribution in [-0.2, 0) is 6.54 Å². The van der Waals surface area contributed by atoms with Crippen LogP contribution in [0.4, 0.5) is 0 Å². The van der Waals surface area contributed by atoms with Crippen LogP contribution in [-0.4, -0.2) is 21.6 Å². The zero-order valence-electron chi connectivity index (χ0n) is 10.8. The van der Waals surface area contributed by atoms with Crippen molar-refractivity contribution in [3.8, 4) is 6.07 Å². The summed E-state index contributed by atoms with van der Waals surface area (Å²) in [5, 5.41) is 12.5. The summed E-state index contributed by atoms with van der Waals surface area (Å²) in [4.78, 5) is 4.00. The molecule has 4 heteroatoms. The third kappa shape index (κ3) is 5.01. The minimum absolute atomic E-state index is 0.370. The van der Waals surface area contributed by atoms with Crippen molar-refractivity contribution in [2.45, 2.75) is 51.6 Å². The van der Waals surface area contributed by atoms with Crippen LogP contribution in [0, 0.1) is 11.3 Å². The zero-order valence-corrected chi connectivity index (χ0v) is 10.8. The summed E-state index contributed by atoms with van der Waals surface area (Å²) in [5.74, 6) is 0. The van der Waals surface area contributed by atoms with E-state index >= 15 is 0 Å². The number of nitrogens with zero attached hydrogens (tertiary/aromatic N) is 3. The van der Waals surface area contributed by atoms with E-state index in [0.717, 1.165) is 38.8 Å². The van der Waals surface area contributed by atoms with Crippen molar-refractivity contribution < 1.29 is 0 Å². The molecule has 0 saturated carbocycles. The van der Waals surface area contributed by atoms with E-state index in [0.29, 0.717) is 0 Å². The molecule has 0 aliphatic rings. The largest absolute Gasteiger partial charge is 0.337 e. The maximum absolute atomic E-state index is 9.17. The molecule has 1 rings (SSSR count). The Hall–Kier alpha value is -1.34. The van der Waals surface area contributed by atoms with Crippen LogP contribution in [0.25, 0.3) is 0 Å². The summed E-state index contributed by atoms with van der Waals surface area (Å²) in [6.45, 7) is 5.99. The number of aromatic nitrogens is 2. The molecule has 1 atom stereocenters. The van der Waals surface area contributed by atoms with Crippen LogP contribution < -0.4 is 5.32 Å². The number of aryl methyl sites for hydroxylation is 1. The number of rotatable bonds is 8. The van der Waals surface area contributed by atoms with Gasteiger partial charge in [0.25, 0.3) is 0 Å². The molecule has 0 aliphatic carbocycles. The molecule has 17 heavy (non-hydrogen) atoms. The smallest absolute Gasteiger partial charge is 0.103 e. The molecule has 0 spiro atoms. The topological polar surface area (TPSA) is 53.6 Å². The third-order valence-electron chi connectivity index (χ3n) is 2.91. The van der Waals surface area contributed by atoms with E-state index in [4.69, 9.17) is 5.26 Å². The highest BCUT2D eigenvalue weighted by Crippen LogP contribution is 2.13. The molecular formula is C13H22N4. The lowest BCUT2D eigenvalue weighted by Gasteiger charge is -2.22. The molecule has 1 N–H and O–H groups in total. The van der Waals surface area contributed by atoms with Crippen molar-refractivity contribution in [3.05, 3.63) is 18.7 Å². The highest BCUT2D eigenvalue weighted by atomic mass is 15.0. The van der Waals surface area contributed by atoms with Gasteiger partial charge in [-0.15, -0.1) is 0 Å². The van der Waals surface area contributed by atoms with Gasteiger partial charge in [0, 0.05) is 18.9 Å². The number of unbranched alkanes of at least 4 members (excludes halogenated alkanes) is 1. The fraction of sp³-hybridized carbons (Fsp3) is 0.692. The Morgan fingerprint density at radius 1 is 1.47 bits per heavy atom. The Bertz CT molecular complexity index is 339. The minimum atomic E-state index is -0.370. The predicted octanol–water partition coefficient (Wildman–Crippen LogP) is 2.34. The predicted molar refractivity (Wildman–Crippen MR) is 68.4 cm³/mol. The second kappa shape index (κ2) is 7.08. The molecule has 0 saturated heterocycles. The number of imidazole rings is 1. The molecule has 0 fully saturated rings. The first-order valence-electron chi connectivity index (χ1n) is 6.32. The highest BCUT2D eigenvalue weighted by molar-refractivity contribution is 5.03. The molecule has 1 unspecified atom stereocenters. The molecule has 1 aromatic heterocycles. The van der Waals surface area contributed by atoms with Gasteiger partial charge >= 0.3 is 0 Å². The first kappa shape index (κ1) is 13.7. The summed E-state index contributed by atoms with van der Waals surface area (Å²) in [7, 11) is 0. The Morgan fingerprint density at radius 2 is 2.29 bits per heavy atom. The fourth-order valence-corrected chi connectivity index (χ4v) is 1.78. The van der Waals surface area contributed by atoms with Crippen LogP contribution >= 0.6 is 0 Å². The molecule has 0 aliphatic heterocycles. The molecule has 4 nitrogen and oxygen atoms in total. The number of nitrogens with one attached hydrogen (secondary N) is 1. The van der Waals surface area contributed by atoms with Gasteiger partial charge in [-0.05, 0) is 39.2 Å². The normalized spacial score (nSPS) is 14.2. The minimum Gasteiger partial charge on any atom is -0.337 e. The lowest BCUT2D eigenvalue weighted by atomic mass is 9.96. The van der Waals surface area contributed by atoms with Crippen molar-refractivity contribution in [2.24, 2.45) is 0 Å². The lowest BCUT2D eigenvalue weighted by molar-refractivity contribution is 0.396. The molecular weight excluding hydrogens is 212 g/mol. The highest BCUT2D eigenvalue weighted by Gasteiger charge is 2.21. The van der Waals surface area contributed by atoms with E-state index in [1.165, 1.54) is 0 Å². The zero-order chi connectivity index (χ0) is 12.6. The summed E-state index contributed by atoms with van der Waals surface area (Å²) >= 11 is 0. The summed E-state index contributed by atoms with van der Waals surface area (Å²) in [6, 6.07) is 2.38. The van der Waals surface area contributed by atoms with Gasteiger partial charge in [0.1, 0.15) is 5.54 Å². The molecule has 0 aromatic carbocycles. The van der Waals surface area contributed by atoms with Gasteiger partial charge in [-0.3, -0.25) is 5.32 Å².